The van der Waals surface area contributed by atoms with Crippen molar-refractivity contribution < 1.29 is 4.79 Å². The molecule has 3 N–H and O–H groups in total. The van der Waals surface area contributed by atoms with Crippen LogP contribution in [0.2, 0.25) is 5.02 Å². The van der Waals surface area contributed by atoms with Crippen LogP contribution in [-0.2, 0) is 0 Å². The van der Waals surface area contributed by atoms with Crippen molar-refractivity contribution in [2.24, 2.45) is 0 Å². The van der Waals surface area contributed by atoms with E-state index in [-0.39, 0.29) is 30.4 Å². The van der Waals surface area contributed by atoms with Crippen LogP contribution in [0.5, 0.6) is 0 Å². The third kappa shape index (κ3) is 4.84. The Morgan fingerprint density at radius 3 is 2.71 bits per heavy atom. The Hall–Kier alpha value is -1.82. The predicted octanol–water partition coefficient (Wildman–Crippen LogP) is 3.42. The molecule has 1 aliphatic rings. The largest absolute Gasteiger partial charge is 0.334 e. The molecule has 5 nitrogen and oxygen atoms in total. The van der Waals surface area contributed by atoms with Crippen LogP contribution in [0, 0.1) is 0 Å². The van der Waals surface area contributed by atoms with Crippen molar-refractivity contribution in [3.8, 4) is 0 Å². The van der Waals surface area contributed by atoms with Crippen LogP contribution in [0.1, 0.15) is 18.0 Å². The second-order valence-corrected chi connectivity index (χ2v) is 6.01. The maximum atomic E-state index is 12.2. The molecule has 3 rings (SSSR count). The van der Waals surface area contributed by atoms with Crippen molar-refractivity contribution in [3.05, 3.63) is 59.4 Å². The lowest BCUT2D eigenvalue weighted by Gasteiger charge is -2.32. The summed E-state index contributed by atoms with van der Waals surface area (Å²) in [6.45, 7) is 1.66. The zero-order valence-electron chi connectivity index (χ0n) is 13.0. The first kappa shape index (κ1) is 18.5. The van der Waals surface area contributed by atoms with Gasteiger partial charge in [0, 0.05) is 36.1 Å². The number of amides is 2. The van der Waals surface area contributed by atoms with Gasteiger partial charge in [-0.2, -0.15) is 0 Å². The van der Waals surface area contributed by atoms with Crippen molar-refractivity contribution in [1.29, 1.82) is 0 Å². The van der Waals surface area contributed by atoms with Crippen LogP contribution in [0.25, 0.3) is 0 Å². The monoisotopic (exact) mass is 366 g/mol. The van der Waals surface area contributed by atoms with Gasteiger partial charge >= 0.3 is 6.03 Å². The molecule has 0 bridgehead atoms. The smallest absolute Gasteiger partial charge is 0.319 e. The normalized spacial score (nSPS) is 19.9. The Morgan fingerprint density at radius 2 is 2.00 bits per heavy atom. The number of halogens is 2. The number of anilines is 1. The highest BCUT2D eigenvalue weighted by atomic mass is 35.5. The fraction of sp³-hybridized carbons (Fsp3) is 0.294. The number of pyridine rings is 1. The summed E-state index contributed by atoms with van der Waals surface area (Å²) in [5.74, 6) is 0.127. The second kappa shape index (κ2) is 8.87. The molecule has 24 heavy (non-hydrogen) atoms. The van der Waals surface area contributed by atoms with Crippen LogP contribution in [-0.4, -0.2) is 30.1 Å². The van der Waals surface area contributed by atoms with Crippen molar-refractivity contribution >= 4 is 35.7 Å². The van der Waals surface area contributed by atoms with Gasteiger partial charge in [-0.05, 0) is 37.2 Å². The van der Waals surface area contributed by atoms with Gasteiger partial charge in [0.1, 0.15) is 0 Å². The third-order valence-electron chi connectivity index (χ3n) is 3.96. The van der Waals surface area contributed by atoms with E-state index in [0.29, 0.717) is 5.02 Å². The SMILES string of the molecule is Cl.O=C(Nc1ccccc1)N[C@@H]1CCNC[C@H]1c1ccc(Cl)cn1. The summed E-state index contributed by atoms with van der Waals surface area (Å²) in [5.41, 5.74) is 1.71. The lowest BCUT2D eigenvalue weighted by atomic mass is 9.90. The topological polar surface area (TPSA) is 66.1 Å². The molecule has 2 heterocycles. The summed E-state index contributed by atoms with van der Waals surface area (Å²) in [4.78, 5) is 16.6. The maximum absolute atomic E-state index is 12.2. The van der Waals surface area contributed by atoms with E-state index in [0.717, 1.165) is 30.9 Å². The van der Waals surface area contributed by atoms with Gasteiger partial charge < -0.3 is 16.0 Å². The minimum absolute atomic E-state index is 0. The quantitative estimate of drug-likeness (QED) is 0.779. The number of hydrogen-bond acceptors (Lipinski definition) is 3. The molecule has 1 aliphatic heterocycles. The molecule has 0 saturated carbocycles. The molecule has 0 spiro atoms. The molecule has 2 atom stereocenters. The van der Waals surface area contributed by atoms with E-state index in [1.54, 1.807) is 6.20 Å². The van der Waals surface area contributed by atoms with Gasteiger partial charge in [0.25, 0.3) is 0 Å². The Kier molecular flexibility index (Phi) is 6.85. The lowest BCUT2D eigenvalue weighted by Crippen LogP contribution is -2.49. The molecular formula is C17H20Cl2N4O. The van der Waals surface area contributed by atoms with Crippen molar-refractivity contribution in [2.45, 2.75) is 18.4 Å². The van der Waals surface area contributed by atoms with E-state index in [1.165, 1.54) is 0 Å². The van der Waals surface area contributed by atoms with Gasteiger partial charge in [0.05, 0.1) is 5.02 Å². The van der Waals surface area contributed by atoms with Crippen LogP contribution >= 0.6 is 24.0 Å². The number of para-hydroxylation sites is 1. The minimum atomic E-state index is -0.193. The zero-order valence-corrected chi connectivity index (χ0v) is 14.6. The first-order valence-corrected chi connectivity index (χ1v) is 8.05. The maximum Gasteiger partial charge on any atom is 0.319 e. The lowest BCUT2D eigenvalue weighted by molar-refractivity contribution is 0.241. The average molecular weight is 367 g/mol. The van der Waals surface area contributed by atoms with E-state index in [2.05, 4.69) is 20.9 Å². The van der Waals surface area contributed by atoms with Gasteiger partial charge in [-0.1, -0.05) is 29.8 Å². The summed E-state index contributed by atoms with van der Waals surface area (Å²) in [6.07, 6.45) is 2.50. The Balaban J connectivity index is 0.00000208. The van der Waals surface area contributed by atoms with Crippen LogP contribution < -0.4 is 16.0 Å². The van der Waals surface area contributed by atoms with Gasteiger partial charge in [-0.3, -0.25) is 4.98 Å². The summed E-state index contributed by atoms with van der Waals surface area (Å²) in [6, 6.07) is 13.0. The number of nitrogens with zero attached hydrogens (tertiary/aromatic N) is 1. The number of carbonyl (C=O) groups excluding carboxylic acids is 1. The van der Waals surface area contributed by atoms with Crippen molar-refractivity contribution in [1.82, 2.24) is 15.6 Å². The molecule has 1 aromatic carbocycles. The molecule has 0 unspecified atom stereocenters. The molecule has 1 fully saturated rings. The number of urea groups is 1. The van der Waals surface area contributed by atoms with Gasteiger partial charge in [0.15, 0.2) is 0 Å². The molecule has 0 radical (unpaired) electrons. The number of rotatable bonds is 3. The molecule has 1 saturated heterocycles. The fourth-order valence-corrected chi connectivity index (χ4v) is 2.92. The van der Waals surface area contributed by atoms with E-state index < -0.39 is 0 Å². The van der Waals surface area contributed by atoms with E-state index in [4.69, 9.17) is 11.6 Å². The van der Waals surface area contributed by atoms with E-state index >= 15 is 0 Å². The standard InChI is InChI=1S/C17H19ClN4O.ClH/c18-12-6-7-15(20-10-12)14-11-19-9-8-16(14)22-17(23)21-13-4-2-1-3-5-13;/h1-7,10,14,16,19H,8-9,11H2,(H2,21,22,23);1H/t14-,16+;/m0./s1. The summed E-state index contributed by atoms with van der Waals surface area (Å²) < 4.78 is 0. The number of piperidine rings is 1. The molecule has 0 aliphatic carbocycles. The highest BCUT2D eigenvalue weighted by Crippen LogP contribution is 2.23. The minimum Gasteiger partial charge on any atom is -0.334 e. The first-order valence-electron chi connectivity index (χ1n) is 7.67. The average Bonchev–Trinajstić information content (AvgIpc) is 2.57. The molecule has 1 aromatic heterocycles. The van der Waals surface area contributed by atoms with Crippen LogP contribution in [0.4, 0.5) is 10.5 Å². The van der Waals surface area contributed by atoms with Crippen molar-refractivity contribution in [3.63, 3.8) is 0 Å². The van der Waals surface area contributed by atoms with Gasteiger partial charge in [-0.25, -0.2) is 4.79 Å². The predicted molar refractivity (Wildman–Crippen MR) is 99.1 cm³/mol. The molecule has 7 heteroatoms. The van der Waals surface area contributed by atoms with E-state index in [9.17, 15) is 4.79 Å². The Morgan fingerprint density at radius 1 is 1.21 bits per heavy atom. The number of hydrogen-bond donors (Lipinski definition) is 3. The highest BCUT2D eigenvalue weighted by Gasteiger charge is 2.28. The summed E-state index contributed by atoms with van der Waals surface area (Å²) in [7, 11) is 0. The summed E-state index contributed by atoms with van der Waals surface area (Å²) >= 11 is 5.90. The zero-order chi connectivity index (χ0) is 16.1. The van der Waals surface area contributed by atoms with Crippen LogP contribution in [0.3, 0.4) is 0 Å². The number of carbonyl (C=O) groups is 1. The molecule has 2 aromatic rings. The van der Waals surface area contributed by atoms with E-state index in [1.807, 2.05) is 42.5 Å². The molecular weight excluding hydrogens is 347 g/mol. The number of nitrogens with one attached hydrogen (secondary N) is 3. The Bertz CT molecular complexity index is 651. The number of benzene rings is 1. The Labute approximate surface area is 152 Å². The molecule has 2 amide bonds. The van der Waals surface area contributed by atoms with Crippen molar-refractivity contribution in [2.75, 3.05) is 18.4 Å². The fourth-order valence-electron chi connectivity index (χ4n) is 2.81. The third-order valence-corrected chi connectivity index (χ3v) is 4.18. The molecule has 128 valence electrons. The first-order chi connectivity index (χ1) is 11.2. The second-order valence-electron chi connectivity index (χ2n) is 5.57. The highest BCUT2D eigenvalue weighted by molar-refractivity contribution is 6.30. The van der Waals surface area contributed by atoms with Gasteiger partial charge in [0.2, 0.25) is 0 Å². The van der Waals surface area contributed by atoms with Gasteiger partial charge in [-0.15, -0.1) is 12.4 Å². The number of aromatic nitrogens is 1. The summed E-state index contributed by atoms with van der Waals surface area (Å²) in [5, 5.41) is 9.90. The van der Waals surface area contributed by atoms with Crippen LogP contribution in [0.15, 0.2) is 48.7 Å².